The molecule has 1 rings (SSSR count). The second-order valence-corrected chi connectivity index (χ2v) is 5.16. The Kier molecular flexibility index (Phi) is 3.82. The lowest BCUT2D eigenvalue weighted by Crippen LogP contribution is -2.02. The van der Waals surface area contributed by atoms with Crippen molar-refractivity contribution in [2.45, 2.75) is 11.8 Å². The molecule has 0 spiro atoms. The van der Waals surface area contributed by atoms with Gasteiger partial charge in [-0.15, -0.1) is 0 Å². The summed E-state index contributed by atoms with van der Waals surface area (Å²) in [7, 11) is 2.79. The summed E-state index contributed by atoms with van der Waals surface area (Å²) in [6, 6.07) is 4.68. The van der Waals surface area contributed by atoms with Crippen LogP contribution in [0.1, 0.15) is 6.92 Å². The standard InChI is InChI=1S/C9H11ClO4S/c1-3-14-8-6-4-5-7(13-2)9(8)15(10,11)12/h4-6H,3H2,1-2H3. The Bertz CT molecular complexity index is 441. The molecule has 6 heteroatoms. The summed E-state index contributed by atoms with van der Waals surface area (Å²) in [5.41, 5.74) is 0. The lowest BCUT2D eigenvalue weighted by Gasteiger charge is -2.10. The topological polar surface area (TPSA) is 52.6 Å². The quantitative estimate of drug-likeness (QED) is 0.768. The van der Waals surface area contributed by atoms with Crippen LogP contribution < -0.4 is 9.47 Å². The third-order valence-electron chi connectivity index (χ3n) is 1.71. The average Bonchev–Trinajstić information content (AvgIpc) is 2.16. The molecule has 0 radical (unpaired) electrons. The van der Waals surface area contributed by atoms with Crippen molar-refractivity contribution >= 4 is 19.7 Å². The second-order valence-electron chi connectivity index (χ2n) is 2.66. The molecule has 0 fully saturated rings. The van der Waals surface area contributed by atoms with Gasteiger partial charge in [0.15, 0.2) is 4.90 Å². The number of halogens is 1. The Labute approximate surface area is 93.2 Å². The van der Waals surface area contributed by atoms with Crippen LogP contribution in [0.15, 0.2) is 23.1 Å². The Morgan fingerprint density at radius 1 is 1.33 bits per heavy atom. The van der Waals surface area contributed by atoms with Crippen molar-refractivity contribution in [2.75, 3.05) is 13.7 Å². The molecule has 0 atom stereocenters. The highest BCUT2D eigenvalue weighted by molar-refractivity contribution is 8.13. The van der Waals surface area contributed by atoms with Gasteiger partial charge in [-0.3, -0.25) is 0 Å². The molecule has 1 aromatic carbocycles. The summed E-state index contributed by atoms with van der Waals surface area (Å²) < 4.78 is 32.7. The minimum Gasteiger partial charge on any atom is -0.495 e. The van der Waals surface area contributed by atoms with Gasteiger partial charge in [0, 0.05) is 10.7 Å². The Balaban J connectivity index is 3.41. The van der Waals surface area contributed by atoms with Crippen LogP contribution in [0.5, 0.6) is 11.5 Å². The molecule has 0 saturated heterocycles. The van der Waals surface area contributed by atoms with E-state index in [1.54, 1.807) is 13.0 Å². The number of rotatable bonds is 4. The molecule has 0 aliphatic rings. The van der Waals surface area contributed by atoms with E-state index < -0.39 is 9.05 Å². The van der Waals surface area contributed by atoms with Crippen LogP contribution in [0.2, 0.25) is 0 Å². The van der Waals surface area contributed by atoms with Crippen LogP contribution in [0.3, 0.4) is 0 Å². The first kappa shape index (κ1) is 12.1. The van der Waals surface area contributed by atoms with Gasteiger partial charge in [-0.25, -0.2) is 8.42 Å². The molecule has 0 heterocycles. The fourth-order valence-electron chi connectivity index (χ4n) is 1.17. The van der Waals surface area contributed by atoms with E-state index in [0.717, 1.165) is 0 Å². The van der Waals surface area contributed by atoms with Crippen molar-refractivity contribution in [2.24, 2.45) is 0 Å². The first-order valence-electron chi connectivity index (χ1n) is 4.25. The largest absolute Gasteiger partial charge is 0.495 e. The molecule has 84 valence electrons. The van der Waals surface area contributed by atoms with Gasteiger partial charge in [0.05, 0.1) is 13.7 Å². The van der Waals surface area contributed by atoms with E-state index in [1.807, 2.05) is 0 Å². The predicted octanol–water partition coefficient (Wildman–Crippen LogP) is 2.02. The Hall–Kier alpha value is -0.940. The molecule has 0 unspecified atom stereocenters. The third kappa shape index (κ3) is 2.76. The van der Waals surface area contributed by atoms with Gasteiger partial charge in [-0.05, 0) is 19.1 Å². The number of hydrogen-bond acceptors (Lipinski definition) is 4. The molecule has 0 aromatic heterocycles. The molecule has 0 N–H and O–H groups in total. The first-order valence-corrected chi connectivity index (χ1v) is 6.56. The summed E-state index contributed by atoms with van der Waals surface area (Å²) in [6.45, 7) is 2.11. The van der Waals surface area contributed by atoms with Gasteiger partial charge in [-0.2, -0.15) is 0 Å². The van der Waals surface area contributed by atoms with Gasteiger partial charge < -0.3 is 9.47 Å². The minimum atomic E-state index is -3.88. The van der Waals surface area contributed by atoms with Crippen molar-refractivity contribution in [3.05, 3.63) is 18.2 Å². The number of methoxy groups -OCH3 is 1. The summed E-state index contributed by atoms with van der Waals surface area (Å²) in [5.74, 6) is 0.378. The molecular formula is C9H11ClO4S. The molecule has 0 aliphatic heterocycles. The SMILES string of the molecule is CCOc1cccc(OC)c1S(=O)(=O)Cl. The fraction of sp³-hybridized carbons (Fsp3) is 0.333. The van der Waals surface area contributed by atoms with E-state index >= 15 is 0 Å². The minimum absolute atomic E-state index is 0.129. The van der Waals surface area contributed by atoms with Crippen LogP contribution in [-0.4, -0.2) is 22.1 Å². The van der Waals surface area contributed by atoms with E-state index in [4.69, 9.17) is 20.2 Å². The summed E-state index contributed by atoms with van der Waals surface area (Å²) in [5, 5.41) is 0. The molecule has 4 nitrogen and oxygen atoms in total. The van der Waals surface area contributed by atoms with Crippen molar-refractivity contribution in [1.29, 1.82) is 0 Å². The normalized spacial score (nSPS) is 11.1. The van der Waals surface area contributed by atoms with Crippen LogP contribution in [-0.2, 0) is 9.05 Å². The summed E-state index contributed by atoms with van der Waals surface area (Å²) in [4.78, 5) is -0.129. The van der Waals surface area contributed by atoms with Gasteiger partial charge in [0.25, 0.3) is 9.05 Å². The maximum absolute atomic E-state index is 11.3. The zero-order valence-electron chi connectivity index (χ0n) is 8.36. The molecule has 0 bridgehead atoms. The number of hydrogen-bond donors (Lipinski definition) is 0. The van der Waals surface area contributed by atoms with Gasteiger partial charge >= 0.3 is 0 Å². The van der Waals surface area contributed by atoms with E-state index in [9.17, 15) is 8.42 Å². The lowest BCUT2D eigenvalue weighted by atomic mass is 10.3. The Morgan fingerprint density at radius 3 is 2.40 bits per heavy atom. The van der Waals surface area contributed by atoms with Crippen LogP contribution in [0.4, 0.5) is 0 Å². The van der Waals surface area contributed by atoms with Crippen molar-refractivity contribution in [1.82, 2.24) is 0 Å². The van der Waals surface area contributed by atoms with E-state index in [-0.39, 0.29) is 16.4 Å². The molecule has 15 heavy (non-hydrogen) atoms. The highest BCUT2D eigenvalue weighted by atomic mass is 35.7. The van der Waals surface area contributed by atoms with Crippen molar-refractivity contribution < 1.29 is 17.9 Å². The molecule has 0 amide bonds. The second kappa shape index (κ2) is 4.72. The average molecular weight is 251 g/mol. The smallest absolute Gasteiger partial charge is 0.268 e. The van der Waals surface area contributed by atoms with E-state index in [1.165, 1.54) is 19.2 Å². The summed E-state index contributed by atoms with van der Waals surface area (Å²) in [6.07, 6.45) is 0. The molecule has 0 aliphatic carbocycles. The third-order valence-corrected chi connectivity index (χ3v) is 3.06. The zero-order chi connectivity index (χ0) is 11.5. The van der Waals surface area contributed by atoms with Gasteiger partial charge in [0.2, 0.25) is 0 Å². The number of ether oxygens (including phenoxy) is 2. The van der Waals surface area contributed by atoms with E-state index in [2.05, 4.69) is 0 Å². The highest BCUT2D eigenvalue weighted by Crippen LogP contribution is 2.35. The summed E-state index contributed by atoms with van der Waals surface area (Å²) >= 11 is 0. The maximum atomic E-state index is 11.3. The zero-order valence-corrected chi connectivity index (χ0v) is 9.93. The Morgan fingerprint density at radius 2 is 1.93 bits per heavy atom. The molecule has 1 aromatic rings. The predicted molar refractivity (Wildman–Crippen MR) is 57.2 cm³/mol. The van der Waals surface area contributed by atoms with Crippen LogP contribution in [0.25, 0.3) is 0 Å². The molecule has 0 saturated carbocycles. The van der Waals surface area contributed by atoms with Crippen molar-refractivity contribution in [3.63, 3.8) is 0 Å². The van der Waals surface area contributed by atoms with E-state index in [0.29, 0.717) is 6.61 Å². The fourth-order valence-corrected chi connectivity index (χ4v) is 2.38. The van der Waals surface area contributed by atoms with Crippen molar-refractivity contribution in [3.8, 4) is 11.5 Å². The van der Waals surface area contributed by atoms with Gasteiger partial charge in [0.1, 0.15) is 11.5 Å². The lowest BCUT2D eigenvalue weighted by molar-refractivity contribution is 0.323. The van der Waals surface area contributed by atoms with Crippen LogP contribution >= 0.6 is 10.7 Å². The monoisotopic (exact) mass is 250 g/mol. The molecular weight excluding hydrogens is 240 g/mol. The highest BCUT2D eigenvalue weighted by Gasteiger charge is 2.22. The maximum Gasteiger partial charge on any atom is 0.268 e. The number of benzene rings is 1. The van der Waals surface area contributed by atoms with Crippen LogP contribution in [0, 0.1) is 0 Å². The first-order chi connectivity index (χ1) is 7.00. The van der Waals surface area contributed by atoms with Gasteiger partial charge in [-0.1, -0.05) is 6.07 Å².